The minimum atomic E-state index is -0.378. The molecule has 0 unspecified atom stereocenters. The van der Waals surface area contributed by atoms with Gasteiger partial charge >= 0.3 is 7.12 Å². The number of nitrogens with one attached hydrogen (secondary N) is 1. The van der Waals surface area contributed by atoms with Gasteiger partial charge in [-0.15, -0.1) is 0 Å². The van der Waals surface area contributed by atoms with Gasteiger partial charge in [-0.2, -0.15) is 0 Å². The molecule has 0 bridgehead atoms. The van der Waals surface area contributed by atoms with Crippen LogP contribution in [-0.2, 0) is 14.0 Å². The summed E-state index contributed by atoms with van der Waals surface area (Å²) in [4.78, 5) is 0. The number of rotatable bonds is 4. The van der Waals surface area contributed by atoms with Crippen molar-refractivity contribution in [3.05, 3.63) is 35.7 Å². The first-order chi connectivity index (χ1) is 10.7. The normalized spacial score (nSPS) is 22.3. The quantitative estimate of drug-likeness (QED) is 0.627. The Morgan fingerprint density at radius 1 is 1.22 bits per heavy atom. The Kier molecular flexibility index (Phi) is 6.96. The van der Waals surface area contributed by atoms with E-state index in [0.717, 1.165) is 36.5 Å². The summed E-state index contributed by atoms with van der Waals surface area (Å²) in [5, 5.41) is 3.35. The number of hydrogen-bond donors (Lipinski definition) is 1. The van der Waals surface area contributed by atoms with Crippen LogP contribution in [0.15, 0.2) is 35.7 Å². The molecule has 0 aromatic carbocycles. The summed E-state index contributed by atoms with van der Waals surface area (Å²) in [6.07, 6.45) is 4.83. The summed E-state index contributed by atoms with van der Waals surface area (Å²) in [7, 11) is -0.378. The lowest BCUT2D eigenvalue weighted by atomic mass is 9.79. The van der Waals surface area contributed by atoms with Gasteiger partial charge in [0.15, 0.2) is 0 Å². The fourth-order valence-electron chi connectivity index (χ4n) is 2.23. The fourth-order valence-corrected chi connectivity index (χ4v) is 2.23. The van der Waals surface area contributed by atoms with Gasteiger partial charge in [0, 0.05) is 13.0 Å². The molecule has 1 saturated heterocycles. The smallest absolute Gasteiger partial charge is 0.494 e. The molecular weight excluding hydrogens is 289 g/mol. The second-order valence-corrected chi connectivity index (χ2v) is 6.58. The molecule has 130 valence electrons. The van der Waals surface area contributed by atoms with Crippen molar-refractivity contribution < 1.29 is 14.0 Å². The van der Waals surface area contributed by atoms with Crippen LogP contribution in [0, 0.1) is 0 Å². The molecule has 23 heavy (non-hydrogen) atoms. The van der Waals surface area contributed by atoms with Crippen molar-refractivity contribution in [2.45, 2.75) is 66.1 Å². The highest BCUT2D eigenvalue weighted by atomic mass is 16.7. The van der Waals surface area contributed by atoms with Crippen LogP contribution < -0.4 is 5.32 Å². The molecule has 0 amide bonds. The van der Waals surface area contributed by atoms with E-state index < -0.39 is 0 Å². The van der Waals surface area contributed by atoms with Gasteiger partial charge in [0.1, 0.15) is 12.4 Å². The third kappa shape index (κ3) is 4.89. The second kappa shape index (κ2) is 8.07. The largest absolute Gasteiger partial charge is 0.495 e. The summed E-state index contributed by atoms with van der Waals surface area (Å²) in [5.41, 5.74) is 1.31. The molecule has 0 radical (unpaired) electrons. The molecule has 0 aromatic rings. The molecule has 2 aliphatic heterocycles. The Morgan fingerprint density at radius 2 is 1.78 bits per heavy atom. The SMILES string of the molecule is C=C(/C=C\CC1=C(C)OCCN1)B1OC(C)(C)C(C)(C)O1.CC. The highest BCUT2D eigenvalue weighted by Gasteiger charge is 2.51. The summed E-state index contributed by atoms with van der Waals surface area (Å²) in [5.74, 6) is 0.965. The highest BCUT2D eigenvalue weighted by Crippen LogP contribution is 2.38. The monoisotopic (exact) mass is 321 g/mol. The van der Waals surface area contributed by atoms with Crippen LogP contribution in [0.3, 0.4) is 0 Å². The molecule has 5 heteroatoms. The molecule has 1 N–H and O–H groups in total. The first-order valence-electron chi connectivity index (χ1n) is 8.50. The van der Waals surface area contributed by atoms with Gasteiger partial charge in [-0.1, -0.05) is 32.6 Å². The molecule has 0 atom stereocenters. The van der Waals surface area contributed by atoms with Crippen molar-refractivity contribution in [1.82, 2.24) is 5.32 Å². The lowest BCUT2D eigenvalue weighted by molar-refractivity contribution is 0.00578. The van der Waals surface area contributed by atoms with E-state index in [1.165, 1.54) is 0 Å². The Bertz CT molecular complexity index is 465. The minimum Gasteiger partial charge on any atom is -0.495 e. The van der Waals surface area contributed by atoms with Crippen molar-refractivity contribution in [3.63, 3.8) is 0 Å². The summed E-state index contributed by atoms with van der Waals surface area (Å²) in [6, 6.07) is 0. The van der Waals surface area contributed by atoms with E-state index in [2.05, 4.69) is 18.0 Å². The predicted octanol–water partition coefficient (Wildman–Crippen LogP) is 4.00. The first-order valence-corrected chi connectivity index (χ1v) is 8.50. The van der Waals surface area contributed by atoms with Crippen LogP contribution >= 0.6 is 0 Å². The standard InChI is InChI=1S/C16H26BNO3.C2H6/c1-12(17-20-15(3,4)16(5,6)21-17)8-7-9-14-13(2)19-11-10-18-14;1-2/h7-8,18H,1,9-11H2,2-6H3;1-2H3/b8-7-;. The molecule has 0 aliphatic carbocycles. The van der Waals surface area contributed by atoms with E-state index in [1.54, 1.807) is 0 Å². The van der Waals surface area contributed by atoms with Crippen molar-refractivity contribution in [2.75, 3.05) is 13.2 Å². The molecule has 2 heterocycles. The van der Waals surface area contributed by atoms with Crippen LogP contribution in [0.25, 0.3) is 0 Å². The molecule has 1 fully saturated rings. The van der Waals surface area contributed by atoms with Gasteiger partial charge < -0.3 is 19.4 Å². The highest BCUT2D eigenvalue weighted by molar-refractivity contribution is 6.55. The van der Waals surface area contributed by atoms with Gasteiger partial charge in [0.25, 0.3) is 0 Å². The van der Waals surface area contributed by atoms with Gasteiger partial charge in [0.2, 0.25) is 0 Å². The maximum atomic E-state index is 5.96. The lowest BCUT2D eigenvalue weighted by Crippen LogP contribution is -2.41. The van der Waals surface area contributed by atoms with Crippen molar-refractivity contribution in [2.24, 2.45) is 0 Å². The Hall–Kier alpha value is -1.20. The Labute approximate surface area is 142 Å². The fraction of sp³-hybridized carbons (Fsp3) is 0.667. The molecule has 2 rings (SSSR count). The van der Waals surface area contributed by atoms with E-state index in [-0.39, 0.29) is 18.3 Å². The van der Waals surface area contributed by atoms with E-state index in [1.807, 2.05) is 54.5 Å². The average molecular weight is 321 g/mol. The predicted molar refractivity (Wildman–Crippen MR) is 97.0 cm³/mol. The molecule has 4 nitrogen and oxygen atoms in total. The zero-order valence-corrected chi connectivity index (χ0v) is 15.8. The van der Waals surface area contributed by atoms with E-state index in [0.29, 0.717) is 0 Å². The van der Waals surface area contributed by atoms with E-state index in [4.69, 9.17) is 14.0 Å². The zero-order valence-electron chi connectivity index (χ0n) is 15.8. The van der Waals surface area contributed by atoms with Gasteiger partial charge in [0.05, 0.1) is 16.9 Å². The maximum Gasteiger partial charge on any atom is 0.494 e. The van der Waals surface area contributed by atoms with Crippen molar-refractivity contribution in [3.8, 4) is 0 Å². The van der Waals surface area contributed by atoms with Gasteiger partial charge in [-0.25, -0.2) is 0 Å². The molecule has 0 spiro atoms. The van der Waals surface area contributed by atoms with Gasteiger partial charge in [-0.3, -0.25) is 0 Å². The van der Waals surface area contributed by atoms with E-state index >= 15 is 0 Å². The Morgan fingerprint density at radius 3 is 2.30 bits per heavy atom. The molecule has 0 aromatic heterocycles. The van der Waals surface area contributed by atoms with Crippen LogP contribution in [0.2, 0.25) is 0 Å². The van der Waals surface area contributed by atoms with Gasteiger partial charge in [-0.05, 0) is 40.1 Å². The van der Waals surface area contributed by atoms with E-state index in [9.17, 15) is 0 Å². The zero-order chi connectivity index (χ0) is 17.7. The lowest BCUT2D eigenvalue weighted by Gasteiger charge is -2.32. The summed E-state index contributed by atoms with van der Waals surface area (Å²) >= 11 is 0. The number of hydrogen-bond acceptors (Lipinski definition) is 4. The average Bonchev–Trinajstić information content (AvgIpc) is 2.71. The molecular formula is C18H32BNO3. The second-order valence-electron chi connectivity index (χ2n) is 6.58. The van der Waals surface area contributed by atoms with Crippen molar-refractivity contribution >= 4 is 7.12 Å². The maximum absolute atomic E-state index is 5.96. The topological polar surface area (TPSA) is 39.7 Å². The Balaban J connectivity index is 0.00000127. The third-order valence-electron chi connectivity index (χ3n) is 4.39. The van der Waals surface area contributed by atoms with Crippen LogP contribution in [0.5, 0.6) is 0 Å². The summed E-state index contributed by atoms with van der Waals surface area (Å²) < 4.78 is 17.4. The number of allylic oxidation sites excluding steroid dienone is 4. The summed E-state index contributed by atoms with van der Waals surface area (Å²) in [6.45, 7) is 19.8. The van der Waals surface area contributed by atoms with Crippen LogP contribution in [0.4, 0.5) is 0 Å². The minimum absolute atomic E-state index is 0.327. The van der Waals surface area contributed by atoms with Crippen LogP contribution in [0.1, 0.15) is 54.9 Å². The first kappa shape index (κ1) is 19.9. The molecule has 0 saturated carbocycles. The van der Waals surface area contributed by atoms with Crippen LogP contribution in [-0.4, -0.2) is 31.5 Å². The third-order valence-corrected chi connectivity index (χ3v) is 4.39. The number of ether oxygens (including phenoxy) is 1. The molecule has 2 aliphatic rings. The van der Waals surface area contributed by atoms with Crippen molar-refractivity contribution in [1.29, 1.82) is 0 Å².